The second kappa shape index (κ2) is 14.2. The maximum atomic E-state index is 9.37. The van der Waals surface area contributed by atoms with E-state index in [2.05, 4.69) is 6.07 Å². The predicted octanol–water partition coefficient (Wildman–Crippen LogP) is 4.57. The molecule has 3 rings (SSSR count). The van der Waals surface area contributed by atoms with Gasteiger partial charge in [0, 0.05) is 12.8 Å². The smallest absolute Gasteiger partial charge is 0.481 e. The molecule has 0 bridgehead atoms. The summed E-state index contributed by atoms with van der Waals surface area (Å²) in [5, 5.41) is 15.4. The molecule has 0 unspecified atom stereocenters. The number of fused-ring (bicyclic) bond motifs is 3. The van der Waals surface area contributed by atoms with Gasteiger partial charge in [-0.15, -0.1) is 0 Å². The van der Waals surface area contributed by atoms with Crippen LogP contribution in [0.15, 0.2) is 6.07 Å². The number of carboxylic acids is 2. The summed E-state index contributed by atoms with van der Waals surface area (Å²) in [6, 6.07) is 2.52. The molecule has 0 fully saturated rings. The van der Waals surface area contributed by atoms with Crippen molar-refractivity contribution in [3.63, 3.8) is 0 Å². The van der Waals surface area contributed by atoms with Crippen molar-refractivity contribution in [3.8, 4) is 0 Å². The summed E-state index contributed by atoms with van der Waals surface area (Å²) >= 11 is 0. The maximum absolute atomic E-state index is 9.37. The Bertz CT molecular complexity index is 476. The van der Waals surface area contributed by atoms with Crippen molar-refractivity contribution in [1.29, 1.82) is 0 Å². The first-order chi connectivity index (χ1) is 11.0. The van der Waals surface area contributed by atoms with Gasteiger partial charge < -0.3 is 17.6 Å². The van der Waals surface area contributed by atoms with Crippen LogP contribution in [0.25, 0.3) is 0 Å². The molecule has 140 valence electrons. The molecule has 1 aromatic carbocycles. The van der Waals surface area contributed by atoms with Crippen LogP contribution in [0.5, 0.6) is 0 Å². The molecular weight excluding hydrogens is 352 g/mol. The molecule has 4 nitrogen and oxygen atoms in total. The van der Waals surface area contributed by atoms with Crippen LogP contribution < -0.4 is 0 Å². The molecule has 0 saturated carbocycles. The molecule has 5 heteroatoms. The minimum atomic E-state index is -0.745. The summed E-state index contributed by atoms with van der Waals surface area (Å²) < 4.78 is 0. The monoisotopic (exact) mass is 384 g/mol. The Morgan fingerprint density at radius 3 is 1.36 bits per heavy atom. The van der Waals surface area contributed by atoms with Crippen LogP contribution in [-0.2, 0) is 57.0 Å². The standard InChI is InChI=1S/C13H17.2C3H6O2.CH3.Ti/c1-3-7-12-10(5-1)9-11-6-2-4-8-13(11)12;2*1-2-3(4)5;;/h9H,1-8H2;2*2H2,1H3,(H,4,5);1H3;/q-1;;;-1;+2. The number of aryl methyl sites for hydroxylation is 2. The molecule has 0 saturated heterocycles. The molecule has 0 heterocycles. The molecular formula is C20H32O4Ti. The van der Waals surface area contributed by atoms with E-state index in [1.165, 1.54) is 51.4 Å². The van der Waals surface area contributed by atoms with Gasteiger partial charge in [-0.05, 0) is 0 Å². The fraction of sp³-hybridized carbons (Fsp3) is 0.600. The van der Waals surface area contributed by atoms with Crippen molar-refractivity contribution in [2.45, 2.75) is 78.1 Å². The topological polar surface area (TPSA) is 74.6 Å². The van der Waals surface area contributed by atoms with E-state index in [9.17, 15) is 9.59 Å². The number of carboxylic acid groups (broad SMARTS) is 2. The molecule has 0 aromatic heterocycles. The Labute approximate surface area is 167 Å². The van der Waals surface area contributed by atoms with Crippen LogP contribution in [0, 0.1) is 7.43 Å². The summed E-state index contributed by atoms with van der Waals surface area (Å²) in [6.07, 6.45) is 11.7. The Balaban J connectivity index is 0. The molecule has 25 heavy (non-hydrogen) atoms. The van der Waals surface area contributed by atoms with Crippen molar-refractivity contribution < 1.29 is 41.5 Å². The van der Waals surface area contributed by atoms with Gasteiger partial charge >= 0.3 is 33.7 Å². The Kier molecular flexibility index (Phi) is 14.9. The third kappa shape index (κ3) is 9.32. The van der Waals surface area contributed by atoms with E-state index in [0.717, 1.165) is 0 Å². The van der Waals surface area contributed by atoms with Crippen LogP contribution in [0.2, 0.25) is 0 Å². The fourth-order valence-electron chi connectivity index (χ4n) is 3.08. The summed E-state index contributed by atoms with van der Waals surface area (Å²) in [4.78, 5) is 18.7. The van der Waals surface area contributed by atoms with Gasteiger partial charge in [-0.25, -0.2) is 0 Å². The molecule has 0 aliphatic heterocycles. The summed E-state index contributed by atoms with van der Waals surface area (Å²) in [7, 11) is 0. The van der Waals surface area contributed by atoms with Gasteiger partial charge in [0.05, 0.1) is 0 Å². The molecule has 0 amide bonds. The van der Waals surface area contributed by atoms with E-state index in [1.807, 2.05) is 0 Å². The molecule has 2 aliphatic rings. The van der Waals surface area contributed by atoms with Gasteiger partial charge in [0.15, 0.2) is 0 Å². The van der Waals surface area contributed by atoms with Crippen LogP contribution in [0.4, 0.5) is 0 Å². The number of hydrogen-bond acceptors (Lipinski definition) is 2. The van der Waals surface area contributed by atoms with Crippen LogP contribution in [0.1, 0.15) is 74.6 Å². The summed E-state index contributed by atoms with van der Waals surface area (Å²) in [5.74, 6) is -1.49. The average molecular weight is 384 g/mol. The first-order valence-corrected chi connectivity index (χ1v) is 8.72. The van der Waals surface area contributed by atoms with Crippen LogP contribution in [0.3, 0.4) is 0 Å². The number of aliphatic carboxylic acids is 2. The zero-order valence-corrected chi connectivity index (χ0v) is 17.4. The predicted molar refractivity (Wildman–Crippen MR) is 97.6 cm³/mol. The Morgan fingerprint density at radius 2 is 1.08 bits per heavy atom. The van der Waals surface area contributed by atoms with Gasteiger partial charge in [-0.3, -0.25) is 9.59 Å². The minimum Gasteiger partial charge on any atom is -0.481 e. The number of carbonyl (C=O) groups is 2. The molecule has 0 atom stereocenters. The summed E-state index contributed by atoms with van der Waals surface area (Å²) in [5.41, 5.74) is 6.94. The molecule has 0 spiro atoms. The van der Waals surface area contributed by atoms with Gasteiger partial charge in [-0.1, -0.05) is 65.2 Å². The van der Waals surface area contributed by atoms with Crippen molar-refractivity contribution >= 4 is 11.9 Å². The number of hydrogen-bond donors (Lipinski definition) is 2. The third-order valence-corrected chi connectivity index (χ3v) is 4.34. The van der Waals surface area contributed by atoms with E-state index in [4.69, 9.17) is 10.2 Å². The van der Waals surface area contributed by atoms with Gasteiger partial charge in [0.2, 0.25) is 0 Å². The first-order valence-electron chi connectivity index (χ1n) is 8.72. The van der Waals surface area contributed by atoms with Gasteiger partial charge in [-0.2, -0.15) is 28.3 Å². The second-order valence-corrected chi connectivity index (χ2v) is 6.06. The Hall–Kier alpha value is -0.996. The van der Waals surface area contributed by atoms with Crippen molar-refractivity contribution in [2.24, 2.45) is 0 Å². The van der Waals surface area contributed by atoms with Crippen molar-refractivity contribution in [2.75, 3.05) is 0 Å². The van der Waals surface area contributed by atoms with E-state index < -0.39 is 11.9 Å². The van der Waals surface area contributed by atoms with E-state index in [1.54, 1.807) is 36.1 Å². The normalized spacial score (nSPS) is 13.8. The van der Waals surface area contributed by atoms with E-state index >= 15 is 0 Å². The second-order valence-electron chi connectivity index (χ2n) is 6.06. The molecule has 0 radical (unpaired) electrons. The quantitative estimate of drug-likeness (QED) is 0.579. The molecule has 1 aromatic rings. The van der Waals surface area contributed by atoms with Crippen molar-refractivity contribution in [1.82, 2.24) is 0 Å². The van der Waals surface area contributed by atoms with E-state index in [0.29, 0.717) is 0 Å². The minimum absolute atomic E-state index is 0. The molecule has 2 N–H and O–H groups in total. The van der Waals surface area contributed by atoms with E-state index in [-0.39, 0.29) is 42.0 Å². The zero-order chi connectivity index (χ0) is 17.2. The number of rotatable bonds is 2. The molecule has 2 aliphatic carbocycles. The largest absolute Gasteiger partial charge is 2.00 e. The fourth-order valence-corrected chi connectivity index (χ4v) is 3.08. The SMILES string of the molecule is CCC(=O)O.CCC(=O)O.[CH3-].[Ti+2].[cH-]1c2c(c3c1CCCC3)CCCC2. The summed E-state index contributed by atoms with van der Waals surface area (Å²) in [6.45, 7) is 3.20. The van der Waals surface area contributed by atoms with Gasteiger partial charge in [0.1, 0.15) is 0 Å². The van der Waals surface area contributed by atoms with Crippen LogP contribution in [-0.4, -0.2) is 22.2 Å². The maximum Gasteiger partial charge on any atom is 2.00 e. The third-order valence-electron chi connectivity index (χ3n) is 4.34. The van der Waals surface area contributed by atoms with Crippen LogP contribution >= 0.6 is 0 Å². The van der Waals surface area contributed by atoms with Gasteiger partial charge in [0.25, 0.3) is 0 Å². The first kappa shape index (κ1) is 26.2. The average Bonchev–Trinajstić information content (AvgIpc) is 2.94. The zero-order valence-electron chi connectivity index (χ0n) is 15.9. The Morgan fingerprint density at radius 1 is 0.800 bits per heavy atom. The van der Waals surface area contributed by atoms with Crippen molar-refractivity contribution in [3.05, 3.63) is 35.7 Å².